The molecule has 0 aliphatic carbocycles. The van der Waals surface area contributed by atoms with Crippen LogP contribution in [0.3, 0.4) is 0 Å². The molecular weight excluding hydrogens is 246 g/mol. The Kier molecular flexibility index (Phi) is 5.14. The highest BCUT2D eigenvalue weighted by atomic mass is 19.3. The number of alkyl halides is 4. The van der Waals surface area contributed by atoms with Gasteiger partial charge in [-0.2, -0.15) is 8.78 Å². The van der Waals surface area contributed by atoms with E-state index < -0.39 is 18.4 Å². The highest BCUT2D eigenvalue weighted by Crippen LogP contribution is 2.36. The zero-order valence-corrected chi connectivity index (χ0v) is 10.4. The number of rotatable bonds is 6. The fraction of sp³-hybridized carbons (Fsp3) is 0.538. The molecule has 0 heterocycles. The Morgan fingerprint density at radius 2 is 1.67 bits per heavy atom. The average Bonchev–Trinajstić information content (AvgIpc) is 2.35. The molecule has 0 saturated heterocycles. The van der Waals surface area contributed by atoms with Crippen LogP contribution in [-0.2, 0) is 6.42 Å². The number of benzene rings is 1. The summed E-state index contributed by atoms with van der Waals surface area (Å²) in [6.07, 6.45) is -2.91. The van der Waals surface area contributed by atoms with Crippen molar-refractivity contribution in [2.45, 2.75) is 38.7 Å². The maximum Gasteiger partial charge on any atom is 0.326 e. The number of aryl methyl sites for hydroxylation is 1. The Balaban J connectivity index is 3.03. The first-order chi connectivity index (χ1) is 8.43. The van der Waals surface area contributed by atoms with E-state index in [1.54, 1.807) is 19.1 Å². The number of hydrogen-bond acceptors (Lipinski definition) is 1. The Morgan fingerprint density at radius 3 is 2.06 bits per heavy atom. The van der Waals surface area contributed by atoms with Crippen molar-refractivity contribution in [1.29, 1.82) is 0 Å². The van der Waals surface area contributed by atoms with E-state index in [1.165, 1.54) is 12.1 Å². The summed E-state index contributed by atoms with van der Waals surface area (Å²) in [5.41, 5.74) is 1.16. The van der Waals surface area contributed by atoms with Crippen molar-refractivity contribution < 1.29 is 17.6 Å². The van der Waals surface area contributed by atoms with Crippen LogP contribution in [0.5, 0.6) is 0 Å². The highest BCUT2D eigenvalue weighted by molar-refractivity contribution is 5.26. The van der Waals surface area contributed by atoms with Crippen LogP contribution >= 0.6 is 0 Å². The molecule has 18 heavy (non-hydrogen) atoms. The van der Waals surface area contributed by atoms with Crippen LogP contribution in [0, 0.1) is 0 Å². The van der Waals surface area contributed by atoms with Gasteiger partial charge < -0.3 is 5.32 Å². The van der Waals surface area contributed by atoms with Crippen LogP contribution in [0.1, 0.15) is 31.0 Å². The van der Waals surface area contributed by atoms with Crippen LogP contribution in [0.2, 0.25) is 0 Å². The third-order valence-corrected chi connectivity index (χ3v) is 2.81. The smallest absolute Gasteiger partial charge is 0.305 e. The molecule has 1 atom stereocenters. The lowest BCUT2D eigenvalue weighted by molar-refractivity contribution is -0.151. The Hall–Kier alpha value is -1.10. The molecule has 1 N–H and O–H groups in total. The fourth-order valence-corrected chi connectivity index (χ4v) is 1.75. The lowest BCUT2D eigenvalue weighted by Crippen LogP contribution is -2.42. The third-order valence-electron chi connectivity index (χ3n) is 2.81. The van der Waals surface area contributed by atoms with E-state index in [1.807, 2.05) is 6.92 Å². The molecule has 0 saturated carbocycles. The van der Waals surface area contributed by atoms with Gasteiger partial charge in [-0.05, 0) is 24.1 Å². The van der Waals surface area contributed by atoms with Crippen molar-refractivity contribution in [3.05, 3.63) is 35.4 Å². The van der Waals surface area contributed by atoms with Crippen molar-refractivity contribution in [3.63, 3.8) is 0 Å². The predicted octanol–water partition coefficient (Wildman–Crippen LogP) is 3.80. The topological polar surface area (TPSA) is 12.0 Å². The van der Waals surface area contributed by atoms with Crippen LogP contribution in [0.25, 0.3) is 0 Å². The van der Waals surface area contributed by atoms with Crippen molar-refractivity contribution in [2.24, 2.45) is 0 Å². The molecule has 1 unspecified atom stereocenters. The molecular formula is C13H17F4N. The first kappa shape index (κ1) is 15.0. The first-order valence-electron chi connectivity index (χ1n) is 5.91. The summed E-state index contributed by atoms with van der Waals surface area (Å²) in [7, 11) is 0. The first-order valence-corrected chi connectivity index (χ1v) is 5.91. The second-order valence-electron chi connectivity index (χ2n) is 4.06. The van der Waals surface area contributed by atoms with Gasteiger partial charge in [-0.25, -0.2) is 8.78 Å². The monoisotopic (exact) mass is 263 g/mol. The van der Waals surface area contributed by atoms with Gasteiger partial charge in [-0.15, -0.1) is 0 Å². The second kappa shape index (κ2) is 6.18. The van der Waals surface area contributed by atoms with Crippen LogP contribution in [0.15, 0.2) is 24.3 Å². The zero-order chi connectivity index (χ0) is 13.8. The molecule has 0 radical (unpaired) electrons. The van der Waals surface area contributed by atoms with Gasteiger partial charge in [0.25, 0.3) is 0 Å². The molecule has 1 nitrogen and oxygen atoms in total. The number of nitrogens with one attached hydrogen (secondary N) is 1. The average molecular weight is 263 g/mol. The van der Waals surface area contributed by atoms with Gasteiger partial charge in [0.2, 0.25) is 0 Å². The molecule has 0 bridgehead atoms. The number of hydrogen-bond donors (Lipinski definition) is 1. The van der Waals surface area contributed by atoms with E-state index >= 15 is 0 Å². The van der Waals surface area contributed by atoms with E-state index in [-0.39, 0.29) is 12.1 Å². The van der Waals surface area contributed by atoms with E-state index in [0.717, 1.165) is 12.0 Å². The van der Waals surface area contributed by atoms with Gasteiger partial charge in [0.1, 0.15) is 6.04 Å². The molecule has 1 rings (SSSR count). The number of halogens is 4. The molecule has 0 aliphatic rings. The van der Waals surface area contributed by atoms with Crippen molar-refractivity contribution in [2.75, 3.05) is 6.54 Å². The van der Waals surface area contributed by atoms with Gasteiger partial charge in [-0.1, -0.05) is 38.1 Å². The lowest BCUT2D eigenvalue weighted by atomic mass is 9.98. The van der Waals surface area contributed by atoms with Crippen LogP contribution in [0.4, 0.5) is 17.6 Å². The third kappa shape index (κ3) is 3.22. The minimum Gasteiger partial charge on any atom is -0.305 e. The normalized spacial score (nSPS) is 13.9. The summed E-state index contributed by atoms with van der Waals surface area (Å²) in [5.74, 6) is -4.08. The summed E-state index contributed by atoms with van der Waals surface area (Å²) in [6.45, 7) is 3.74. The molecule has 0 aromatic heterocycles. The van der Waals surface area contributed by atoms with Gasteiger partial charge in [0.15, 0.2) is 0 Å². The summed E-state index contributed by atoms with van der Waals surface area (Å²) >= 11 is 0. The van der Waals surface area contributed by atoms with Gasteiger partial charge in [0, 0.05) is 0 Å². The summed E-state index contributed by atoms with van der Waals surface area (Å²) in [5, 5.41) is 2.43. The molecule has 1 aromatic rings. The lowest BCUT2D eigenvalue weighted by Gasteiger charge is -2.27. The molecule has 0 amide bonds. The van der Waals surface area contributed by atoms with Gasteiger partial charge in [-0.3, -0.25) is 0 Å². The molecule has 0 spiro atoms. The Morgan fingerprint density at radius 1 is 1.11 bits per heavy atom. The van der Waals surface area contributed by atoms with Crippen molar-refractivity contribution in [1.82, 2.24) is 5.32 Å². The minimum atomic E-state index is -4.08. The fourth-order valence-electron chi connectivity index (χ4n) is 1.75. The van der Waals surface area contributed by atoms with E-state index in [2.05, 4.69) is 5.32 Å². The van der Waals surface area contributed by atoms with Gasteiger partial charge >= 0.3 is 12.3 Å². The summed E-state index contributed by atoms with van der Waals surface area (Å²) in [6, 6.07) is 4.65. The molecule has 0 aliphatic heterocycles. The zero-order valence-electron chi connectivity index (χ0n) is 10.4. The Bertz CT molecular complexity index is 362. The second-order valence-corrected chi connectivity index (χ2v) is 4.06. The SMILES string of the molecule is CCNC(c1ccc(CC)cc1)C(F)(F)C(F)F. The molecule has 102 valence electrons. The quantitative estimate of drug-likeness (QED) is 0.770. The molecule has 5 heteroatoms. The Labute approximate surface area is 104 Å². The molecule has 1 aromatic carbocycles. The summed E-state index contributed by atoms with van der Waals surface area (Å²) in [4.78, 5) is 0. The van der Waals surface area contributed by atoms with Gasteiger partial charge in [0.05, 0.1) is 0 Å². The maximum absolute atomic E-state index is 13.5. The van der Waals surface area contributed by atoms with Crippen molar-refractivity contribution >= 4 is 0 Å². The minimum absolute atomic E-state index is 0.180. The standard InChI is InChI=1S/C13H17F4N/c1-3-9-5-7-10(8-6-9)11(18-4-2)13(16,17)12(14)15/h5-8,11-12,18H,3-4H2,1-2H3. The highest BCUT2D eigenvalue weighted by Gasteiger charge is 2.49. The van der Waals surface area contributed by atoms with Crippen molar-refractivity contribution in [3.8, 4) is 0 Å². The van der Waals surface area contributed by atoms with Crippen LogP contribution < -0.4 is 5.32 Å². The predicted molar refractivity (Wildman–Crippen MR) is 63.2 cm³/mol. The van der Waals surface area contributed by atoms with E-state index in [4.69, 9.17) is 0 Å². The van der Waals surface area contributed by atoms with E-state index in [9.17, 15) is 17.6 Å². The van der Waals surface area contributed by atoms with Crippen LogP contribution in [-0.4, -0.2) is 18.9 Å². The largest absolute Gasteiger partial charge is 0.326 e. The van der Waals surface area contributed by atoms with E-state index in [0.29, 0.717) is 0 Å². The maximum atomic E-state index is 13.5. The summed E-state index contributed by atoms with van der Waals surface area (Å²) < 4.78 is 51.8. The molecule has 0 fully saturated rings.